The maximum Gasteiger partial charge on any atom is 0.304 e. The molecule has 0 spiro atoms. The van der Waals surface area contributed by atoms with Crippen LogP contribution in [0.3, 0.4) is 0 Å². The summed E-state index contributed by atoms with van der Waals surface area (Å²) in [6, 6.07) is 11.6. The van der Waals surface area contributed by atoms with Gasteiger partial charge in [0.1, 0.15) is 12.6 Å². The molecule has 0 heterocycles. The minimum atomic E-state index is -4.02. The number of halogens is 1. The number of carbonyl (C=O) groups is 2. The van der Waals surface area contributed by atoms with Crippen molar-refractivity contribution >= 4 is 39.3 Å². The maximum absolute atomic E-state index is 13.8. The zero-order chi connectivity index (χ0) is 27.2. The third-order valence-electron chi connectivity index (χ3n) is 5.80. The highest BCUT2D eigenvalue weighted by Crippen LogP contribution is 2.26. The van der Waals surface area contributed by atoms with Crippen LogP contribution in [0, 0.1) is 19.8 Å². The van der Waals surface area contributed by atoms with E-state index in [0.717, 1.165) is 14.2 Å². The van der Waals surface area contributed by atoms with Crippen LogP contribution >= 0.6 is 11.6 Å². The third-order valence-corrected chi connectivity index (χ3v) is 7.98. The van der Waals surface area contributed by atoms with Gasteiger partial charge in [-0.3, -0.25) is 9.59 Å². The van der Waals surface area contributed by atoms with E-state index >= 15 is 0 Å². The van der Waals surface area contributed by atoms with Crippen molar-refractivity contribution in [3.63, 3.8) is 0 Å². The van der Waals surface area contributed by atoms with Gasteiger partial charge >= 0.3 is 10.2 Å². The van der Waals surface area contributed by atoms with E-state index in [2.05, 4.69) is 5.32 Å². The maximum atomic E-state index is 13.8. The summed E-state index contributed by atoms with van der Waals surface area (Å²) < 4.78 is 28.8. The van der Waals surface area contributed by atoms with E-state index in [1.807, 2.05) is 32.9 Å². The van der Waals surface area contributed by atoms with Crippen molar-refractivity contribution < 1.29 is 18.0 Å². The molecule has 0 aliphatic carbocycles. The van der Waals surface area contributed by atoms with Crippen molar-refractivity contribution in [3.8, 4) is 0 Å². The predicted molar refractivity (Wildman–Crippen MR) is 145 cm³/mol. The highest BCUT2D eigenvalue weighted by Gasteiger charge is 2.33. The second-order valence-electron chi connectivity index (χ2n) is 9.51. The van der Waals surface area contributed by atoms with Gasteiger partial charge in [0.2, 0.25) is 11.8 Å². The third kappa shape index (κ3) is 7.44. The first kappa shape index (κ1) is 29.6. The van der Waals surface area contributed by atoms with Gasteiger partial charge in [-0.05, 0) is 55.5 Å². The number of hydrogen-bond acceptors (Lipinski definition) is 4. The van der Waals surface area contributed by atoms with Gasteiger partial charge in [-0.2, -0.15) is 12.7 Å². The van der Waals surface area contributed by atoms with Gasteiger partial charge in [0.05, 0.1) is 5.69 Å². The van der Waals surface area contributed by atoms with Gasteiger partial charge in [-0.15, -0.1) is 0 Å². The first-order valence-corrected chi connectivity index (χ1v) is 13.6. The van der Waals surface area contributed by atoms with E-state index in [-0.39, 0.29) is 18.4 Å². The lowest BCUT2D eigenvalue weighted by Gasteiger charge is -2.33. The van der Waals surface area contributed by atoms with Crippen LogP contribution in [0.4, 0.5) is 5.69 Å². The van der Waals surface area contributed by atoms with Crippen molar-refractivity contribution in [2.45, 2.75) is 47.2 Å². The highest BCUT2D eigenvalue weighted by atomic mass is 35.5. The van der Waals surface area contributed by atoms with Crippen LogP contribution in [-0.2, 0) is 26.3 Å². The fourth-order valence-electron chi connectivity index (χ4n) is 3.54. The van der Waals surface area contributed by atoms with E-state index in [1.165, 1.54) is 19.0 Å². The molecule has 0 aliphatic rings. The van der Waals surface area contributed by atoms with Crippen molar-refractivity contribution in [1.29, 1.82) is 0 Å². The average molecular weight is 537 g/mol. The molecule has 1 N–H and O–H groups in total. The van der Waals surface area contributed by atoms with Crippen molar-refractivity contribution in [1.82, 2.24) is 14.5 Å². The smallest absolute Gasteiger partial charge is 0.304 e. The molecule has 0 unspecified atom stereocenters. The SMILES string of the molecule is Cc1ccc(C)c(N(CC(=O)N(Cc2ccccc2Cl)[C@H](C)C(=O)NCC(C)C)S(=O)(=O)N(C)C)c1. The molecule has 10 heteroatoms. The van der Waals surface area contributed by atoms with Gasteiger partial charge in [0, 0.05) is 32.2 Å². The molecular formula is C26H37ClN4O4S. The Labute approximate surface area is 220 Å². The standard InChI is InChI=1S/C26H37ClN4O4S/c1-18(2)15-28-26(33)21(5)30(16-22-10-8-9-11-23(22)27)25(32)17-31(36(34,35)29(6)7)24-14-19(3)12-13-20(24)4/h8-14,18,21H,15-17H2,1-7H3,(H,28,33)/t21-/m1/s1. The van der Waals surface area contributed by atoms with Gasteiger partial charge in [-0.25, -0.2) is 4.31 Å². The number of amides is 2. The largest absolute Gasteiger partial charge is 0.354 e. The van der Waals surface area contributed by atoms with Crippen LogP contribution < -0.4 is 9.62 Å². The Kier molecular flexibility index (Phi) is 10.3. The molecule has 2 aromatic carbocycles. The Morgan fingerprint density at radius 3 is 2.25 bits per heavy atom. The molecule has 0 aromatic heterocycles. The first-order chi connectivity index (χ1) is 16.7. The van der Waals surface area contributed by atoms with E-state index in [1.54, 1.807) is 44.2 Å². The lowest BCUT2D eigenvalue weighted by molar-refractivity contribution is -0.139. The molecule has 0 fully saturated rings. The second kappa shape index (κ2) is 12.6. The minimum Gasteiger partial charge on any atom is -0.354 e. The van der Waals surface area contributed by atoms with Crippen LogP contribution in [0.1, 0.15) is 37.5 Å². The molecule has 0 radical (unpaired) electrons. The fraction of sp³-hybridized carbons (Fsp3) is 0.462. The molecule has 8 nitrogen and oxygen atoms in total. The number of rotatable bonds is 11. The topological polar surface area (TPSA) is 90.0 Å². The van der Waals surface area contributed by atoms with Crippen LogP contribution in [0.2, 0.25) is 5.02 Å². The summed E-state index contributed by atoms with van der Waals surface area (Å²) in [5.74, 6) is -0.606. The molecular weight excluding hydrogens is 500 g/mol. The number of aryl methyl sites for hydroxylation is 2. The van der Waals surface area contributed by atoms with Gasteiger partial charge in [0.15, 0.2) is 0 Å². The monoisotopic (exact) mass is 536 g/mol. The minimum absolute atomic E-state index is 0.0530. The normalized spacial score (nSPS) is 12.5. The van der Waals surface area contributed by atoms with E-state index in [0.29, 0.717) is 28.4 Å². The predicted octanol–water partition coefficient (Wildman–Crippen LogP) is 3.76. The molecule has 0 saturated heterocycles. The van der Waals surface area contributed by atoms with Crippen LogP contribution in [0.15, 0.2) is 42.5 Å². The van der Waals surface area contributed by atoms with Crippen LogP contribution in [-0.4, -0.2) is 62.7 Å². The first-order valence-electron chi connectivity index (χ1n) is 11.8. The van der Waals surface area contributed by atoms with Gasteiger partial charge in [-0.1, -0.05) is 55.8 Å². The lowest BCUT2D eigenvalue weighted by atomic mass is 10.1. The summed E-state index contributed by atoms with van der Waals surface area (Å²) in [6.45, 7) is 9.27. The Hall–Kier alpha value is -2.62. The molecule has 0 aliphatic heterocycles. The molecule has 2 aromatic rings. The second-order valence-corrected chi connectivity index (χ2v) is 12.0. The Bertz CT molecular complexity index is 1180. The number of benzene rings is 2. The zero-order valence-electron chi connectivity index (χ0n) is 22.1. The van der Waals surface area contributed by atoms with Crippen molar-refractivity contribution in [2.24, 2.45) is 5.92 Å². The molecule has 36 heavy (non-hydrogen) atoms. The van der Waals surface area contributed by atoms with E-state index in [4.69, 9.17) is 11.6 Å². The number of nitrogens with one attached hydrogen (secondary N) is 1. The molecule has 2 rings (SSSR count). The number of carbonyl (C=O) groups excluding carboxylic acids is 2. The highest BCUT2D eigenvalue weighted by molar-refractivity contribution is 7.90. The molecule has 0 bridgehead atoms. The summed E-state index contributed by atoms with van der Waals surface area (Å²) in [5, 5.41) is 3.32. The molecule has 2 amide bonds. The van der Waals surface area contributed by atoms with Crippen LogP contribution in [0.5, 0.6) is 0 Å². The number of hydrogen-bond donors (Lipinski definition) is 1. The van der Waals surface area contributed by atoms with Crippen molar-refractivity contribution in [3.05, 3.63) is 64.2 Å². The van der Waals surface area contributed by atoms with E-state index < -0.39 is 28.7 Å². The van der Waals surface area contributed by atoms with Crippen molar-refractivity contribution in [2.75, 3.05) is 31.5 Å². The Morgan fingerprint density at radius 2 is 1.67 bits per heavy atom. The van der Waals surface area contributed by atoms with Gasteiger partial charge in [0.25, 0.3) is 0 Å². The summed E-state index contributed by atoms with van der Waals surface area (Å²) in [6.07, 6.45) is 0. The average Bonchev–Trinajstić information content (AvgIpc) is 2.81. The zero-order valence-corrected chi connectivity index (χ0v) is 23.7. The molecule has 198 valence electrons. The number of anilines is 1. The fourth-order valence-corrected chi connectivity index (χ4v) is 4.84. The quantitative estimate of drug-likeness (QED) is 0.473. The Balaban J connectivity index is 2.50. The molecule has 0 saturated carbocycles. The van der Waals surface area contributed by atoms with Gasteiger partial charge < -0.3 is 10.2 Å². The Morgan fingerprint density at radius 1 is 1.03 bits per heavy atom. The molecule has 1 atom stereocenters. The van der Waals surface area contributed by atoms with Crippen LogP contribution in [0.25, 0.3) is 0 Å². The summed E-state index contributed by atoms with van der Waals surface area (Å²) in [4.78, 5) is 28.1. The summed E-state index contributed by atoms with van der Waals surface area (Å²) in [7, 11) is -1.18. The summed E-state index contributed by atoms with van der Waals surface area (Å²) >= 11 is 6.36. The number of nitrogens with zero attached hydrogens (tertiary/aromatic N) is 3. The summed E-state index contributed by atoms with van der Waals surface area (Å²) in [5.41, 5.74) is 2.63. The van der Waals surface area contributed by atoms with E-state index in [9.17, 15) is 18.0 Å². The lowest BCUT2D eigenvalue weighted by Crippen LogP contribution is -2.52.